The lowest BCUT2D eigenvalue weighted by molar-refractivity contribution is -0.138. The van der Waals surface area contributed by atoms with Crippen molar-refractivity contribution >= 4 is 23.0 Å². The summed E-state index contributed by atoms with van der Waals surface area (Å²) in [4.78, 5) is 24.2. The zero-order valence-corrected chi connectivity index (χ0v) is 13.2. The molecule has 2 aromatic carbocycles. The summed E-state index contributed by atoms with van der Waals surface area (Å²) in [5.74, 6) is -1.96. The highest BCUT2D eigenvalue weighted by molar-refractivity contribution is 6.49. The average Bonchev–Trinajstić information content (AvgIpc) is 2.87. The average molecular weight is 385 g/mol. The van der Waals surface area contributed by atoms with Gasteiger partial charge in [-0.25, -0.2) is 0 Å². The highest BCUT2D eigenvalue weighted by Crippen LogP contribution is 2.37. The van der Waals surface area contributed by atoms with Gasteiger partial charge in [0, 0.05) is 0 Å². The number of nitrogens with one attached hydrogen (secondary N) is 1. The van der Waals surface area contributed by atoms with Crippen LogP contribution in [0.4, 0.5) is 26.3 Å². The van der Waals surface area contributed by atoms with E-state index in [0.29, 0.717) is 12.1 Å². The molecule has 2 aromatic rings. The van der Waals surface area contributed by atoms with E-state index in [9.17, 15) is 35.9 Å². The molecule has 1 N–H and O–H groups in total. The second-order valence-electron chi connectivity index (χ2n) is 5.69. The second kappa shape index (κ2) is 6.26. The fourth-order valence-electron chi connectivity index (χ4n) is 2.71. The second-order valence-corrected chi connectivity index (χ2v) is 5.69. The molecule has 1 aliphatic rings. The van der Waals surface area contributed by atoms with Gasteiger partial charge in [0.2, 0.25) is 0 Å². The molecular weight excluding hydrogens is 376 g/mol. The number of hydrogen-bond donors (Lipinski definition) is 1. The minimum absolute atomic E-state index is 0.222. The highest BCUT2D eigenvalue weighted by Gasteiger charge is 2.36. The van der Waals surface area contributed by atoms with Gasteiger partial charge in [0.15, 0.2) is 0 Å². The molecule has 2 amide bonds. The lowest BCUT2D eigenvalue weighted by Gasteiger charge is -2.11. The molecule has 0 fully saturated rings. The minimum Gasteiger partial charge on any atom is -0.288 e. The van der Waals surface area contributed by atoms with Gasteiger partial charge in [-0.05, 0) is 35.4 Å². The molecule has 0 atom stereocenters. The van der Waals surface area contributed by atoms with Crippen LogP contribution in [-0.4, -0.2) is 11.8 Å². The van der Waals surface area contributed by atoms with Crippen molar-refractivity contribution in [3.8, 4) is 0 Å². The molecule has 0 aliphatic carbocycles. The van der Waals surface area contributed by atoms with E-state index >= 15 is 0 Å². The van der Waals surface area contributed by atoms with Crippen LogP contribution in [0.2, 0.25) is 0 Å². The van der Waals surface area contributed by atoms with Gasteiger partial charge in [0.1, 0.15) is 0 Å². The Morgan fingerprint density at radius 3 is 1.33 bits per heavy atom. The van der Waals surface area contributed by atoms with E-state index < -0.39 is 46.4 Å². The zero-order chi connectivity index (χ0) is 20.0. The summed E-state index contributed by atoms with van der Waals surface area (Å²) in [6.07, 6.45) is -9.38. The van der Waals surface area contributed by atoms with E-state index in [-0.39, 0.29) is 11.1 Å². The summed E-state index contributed by atoms with van der Waals surface area (Å²) in [5.41, 5.74) is -3.37. The largest absolute Gasteiger partial charge is 0.416 e. The van der Waals surface area contributed by atoms with Crippen molar-refractivity contribution in [1.29, 1.82) is 0 Å². The predicted octanol–water partition coefficient (Wildman–Crippen LogP) is 4.29. The number of benzene rings is 2. The Morgan fingerprint density at radius 2 is 1.00 bits per heavy atom. The van der Waals surface area contributed by atoms with Crippen LogP contribution in [-0.2, 0) is 21.9 Å². The lowest BCUT2D eigenvalue weighted by atomic mass is 9.94. The van der Waals surface area contributed by atoms with Gasteiger partial charge in [0.05, 0.1) is 22.3 Å². The number of hydrogen-bond acceptors (Lipinski definition) is 2. The summed E-state index contributed by atoms with van der Waals surface area (Å²) in [6.45, 7) is 0. The van der Waals surface area contributed by atoms with E-state index in [0.717, 1.165) is 24.3 Å². The Kier molecular flexibility index (Phi) is 4.33. The van der Waals surface area contributed by atoms with Gasteiger partial charge in [-0.3, -0.25) is 14.9 Å². The first-order valence-corrected chi connectivity index (χ1v) is 7.43. The van der Waals surface area contributed by atoms with E-state index in [1.165, 1.54) is 12.1 Å². The standard InChI is InChI=1S/C18H9F6NO2/c19-17(20,21)11-5-1-3-9(7-11)13-14(16(27)25-15(13)26)10-4-2-6-12(8-10)18(22,23)24/h1-8H,(H,25,26,27). The Bertz CT molecular complexity index is 895. The molecule has 0 bridgehead atoms. The highest BCUT2D eigenvalue weighted by atomic mass is 19.4. The van der Waals surface area contributed by atoms with Gasteiger partial charge in [-0.2, -0.15) is 26.3 Å². The third-order valence-corrected chi connectivity index (χ3v) is 3.89. The first kappa shape index (κ1) is 18.7. The summed E-state index contributed by atoms with van der Waals surface area (Å²) >= 11 is 0. The van der Waals surface area contributed by atoms with Gasteiger partial charge in [-0.15, -0.1) is 0 Å². The molecule has 9 heteroatoms. The van der Waals surface area contributed by atoms with Crippen molar-refractivity contribution < 1.29 is 35.9 Å². The maximum Gasteiger partial charge on any atom is 0.416 e. The van der Waals surface area contributed by atoms with Crippen molar-refractivity contribution in [2.75, 3.05) is 0 Å². The van der Waals surface area contributed by atoms with Crippen LogP contribution in [0, 0.1) is 0 Å². The van der Waals surface area contributed by atoms with Crippen LogP contribution in [0.15, 0.2) is 48.5 Å². The zero-order valence-electron chi connectivity index (χ0n) is 13.2. The van der Waals surface area contributed by atoms with Crippen molar-refractivity contribution in [3.05, 3.63) is 70.8 Å². The fourth-order valence-corrected chi connectivity index (χ4v) is 2.71. The molecule has 0 aromatic heterocycles. The molecule has 27 heavy (non-hydrogen) atoms. The number of halogens is 6. The van der Waals surface area contributed by atoms with Crippen LogP contribution in [0.25, 0.3) is 11.1 Å². The number of carbonyl (C=O) groups is 2. The normalized spacial score (nSPS) is 15.3. The number of amides is 2. The topological polar surface area (TPSA) is 46.2 Å². The first-order valence-electron chi connectivity index (χ1n) is 7.43. The maximum absolute atomic E-state index is 12.9. The smallest absolute Gasteiger partial charge is 0.288 e. The molecule has 140 valence electrons. The van der Waals surface area contributed by atoms with Gasteiger partial charge < -0.3 is 0 Å². The Balaban J connectivity index is 2.22. The first-order chi connectivity index (χ1) is 12.5. The fraction of sp³-hybridized carbons (Fsp3) is 0.111. The Morgan fingerprint density at radius 1 is 0.630 bits per heavy atom. The molecule has 0 spiro atoms. The number of rotatable bonds is 2. The van der Waals surface area contributed by atoms with Gasteiger partial charge >= 0.3 is 12.4 Å². The van der Waals surface area contributed by atoms with Crippen molar-refractivity contribution in [1.82, 2.24) is 5.32 Å². The predicted molar refractivity (Wildman–Crippen MR) is 82.9 cm³/mol. The molecule has 0 radical (unpaired) electrons. The van der Waals surface area contributed by atoms with E-state index in [1.54, 1.807) is 0 Å². The number of carbonyl (C=O) groups excluding carboxylic acids is 2. The molecule has 0 saturated carbocycles. The summed E-state index contributed by atoms with van der Waals surface area (Å²) in [6, 6.07) is 7.34. The van der Waals surface area contributed by atoms with Gasteiger partial charge in [-0.1, -0.05) is 24.3 Å². The van der Waals surface area contributed by atoms with Crippen LogP contribution < -0.4 is 5.32 Å². The number of alkyl halides is 6. The van der Waals surface area contributed by atoms with E-state index in [4.69, 9.17) is 0 Å². The summed E-state index contributed by atoms with van der Waals surface area (Å²) < 4.78 is 77.5. The third-order valence-electron chi connectivity index (χ3n) is 3.89. The molecular formula is C18H9F6NO2. The maximum atomic E-state index is 12.9. The van der Waals surface area contributed by atoms with Crippen LogP contribution >= 0.6 is 0 Å². The van der Waals surface area contributed by atoms with Crippen molar-refractivity contribution in [2.24, 2.45) is 0 Å². The lowest BCUT2D eigenvalue weighted by Crippen LogP contribution is -2.22. The Hall–Kier alpha value is -3.10. The molecule has 3 rings (SSSR count). The monoisotopic (exact) mass is 385 g/mol. The van der Waals surface area contributed by atoms with Crippen molar-refractivity contribution in [2.45, 2.75) is 12.4 Å². The van der Waals surface area contributed by atoms with Gasteiger partial charge in [0.25, 0.3) is 11.8 Å². The Labute approximate surface area is 148 Å². The summed E-state index contributed by atoms with van der Waals surface area (Å²) in [7, 11) is 0. The molecule has 1 aliphatic heterocycles. The van der Waals surface area contributed by atoms with Crippen LogP contribution in [0.5, 0.6) is 0 Å². The molecule has 3 nitrogen and oxygen atoms in total. The SMILES string of the molecule is O=C1NC(=O)C(c2cccc(C(F)(F)F)c2)=C1c1cccc(C(F)(F)F)c1. The van der Waals surface area contributed by atoms with E-state index in [1.807, 2.05) is 5.32 Å². The van der Waals surface area contributed by atoms with Crippen molar-refractivity contribution in [3.63, 3.8) is 0 Å². The number of imide groups is 1. The minimum atomic E-state index is -4.69. The third kappa shape index (κ3) is 3.57. The molecule has 1 heterocycles. The molecule has 0 saturated heterocycles. The van der Waals surface area contributed by atoms with E-state index in [2.05, 4.69) is 0 Å². The van der Waals surface area contributed by atoms with Crippen LogP contribution in [0.3, 0.4) is 0 Å². The summed E-state index contributed by atoms with van der Waals surface area (Å²) in [5, 5.41) is 1.92. The van der Waals surface area contributed by atoms with Crippen LogP contribution in [0.1, 0.15) is 22.3 Å². The quantitative estimate of drug-likeness (QED) is 0.619. The molecule has 0 unspecified atom stereocenters.